The molecule has 1 saturated heterocycles. The number of aliphatic hydroxyl groups is 1. The van der Waals surface area contributed by atoms with E-state index in [1.807, 2.05) is 35.6 Å². The number of aliphatic hydroxyl groups excluding tert-OH is 1. The monoisotopic (exact) mass is 529 g/mol. The van der Waals surface area contributed by atoms with Gasteiger partial charge in [-0.3, -0.25) is 9.78 Å². The van der Waals surface area contributed by atoms with E-state index < -0.39 is 0 Å². The van der Waals surface area contributed by atoms with Crippen LogP contribution < -0.4 is 0 Å². The number of aryl methyl sites for hydroxylation is 1. The summed E-state index contributed by atoms with van der Waals surface area (Å²) < 4.78 is 1.94. The fourth-order valence-electron chi connectivity index (χ4n) is 5.65. The van der Waals surface area contributed by atoms with Crippen molar-refractivity contribution < 1.29 is 9.90 Å². The van der Waals surface area contributed by atoms with Gasteiger partial charge in [-0.05, 0) is 55.9 Å². The van der Waals surface area contributed by atoms with Gasteiger partial charge in [0.2, 0.25) is 0 Å². The van der Waals surface area contributed by atoms with Gasteiger partial charge in [0, 0.05) is 61.2 Å². The SMILES string of the molecule is CCCCCCc1cccc(-c2nc(-c3cccnc3)c(C(=O)N3CCC(C(=N)[C@@H](CC)CO)CC3)n2C)c1. The van der Waals surface area contributed by atoms with E-state index in [0.29, 0.717) is 30.2 Å². The van der Waals surface area contributed by atoms with Gasteiger partial charge in [0.25, 0.3) is 5.91 Å². The summed E-state index contributed by atoms with van der Waals surface area (Å²) in [5.74, 6) is 0.769. The molecule has 7 nitrogen and oxygen atoms in total. The highest BCUT2D eigenvalue weighted by Gasteiger charge is 2.32. The highest BCUT2D eigenvalue weighted by Crippen LogP contribution is 2.31. The number of rotatable bonds is 12. The van der Waals surface area contributed by atoms with Crippen LogP contribution >= 0.6 is 0 Å². The van der Waals surface area contributed by atoms with Crippen molar-refractivity contribution in [3.05, 3.63) is 60.0 Å². The van der Waals surface area contributed by atoms with Crippen LogP contribution in [0.2, 0.25) is 0 Å². The molecule has 1 fully saturated rings. The molecule has 7 heteroatoms. The van der Waals surface area contributed by atoms with Gasteiger partial charge in [0.05, 0.1) is 6.61 Å². The van der Waals surface area contributed by atoms with Gasteiger partial charge in [-0.15, -0.1) is 0 Å². The molecule has 2 aromatic heterocycles. The van der Waals surface area contributed by atoms with E-state index in [1.54, 1.807) is 12.4 Å². The van der Waals surface area contributed by atoms with Gasteiger partial charge < -0.3 is 20.0 Å². The van der Waals surface area contributed by atoms with E-state index in [4.69, 9.17) is 10.4 Å². The molecule has 1 aliphatic heterocycles. The Hall–Kier alpha value is -3.32. The van der Waals surface area contributed by atoms with Crippen molar-refractivity contribution in [1.82, 2.24) is 19.4 Å². The smallest absolute Gasteiger partial charge is 0.272 e. The first-order chi connectivity index (χ1) is 19.0. The minimum atomic E-state index is -0.0866. The molecule has 0 aliphatic carbocycles. The van der Waals surface area contributed by atoms with Gasteiger partial charge in [-0.1, -0.05) is 51.3 Å². The summed E-state index contributed by atoms with van der Waals surface area (Å²) in [5, 5.41) is 18.2. The Balaban J connectivity index is 1.61. The minimum absolute atomic E-state index is 0.0146. The first-order valence-electron chi connectivity index (χ1n) is 14.5. The zero-order valence-electron chi connectivity index (χ0n) is 23.7. The summed E-state index contributed by atoms with van der Waals surface area (Å²) in [6, 6.07) is 12.4. The number of carbonyl (C=O) groups is 1. The van der Waals surface area contributed by atoms with E-state index in [1.165, 1.54) is 31.2 Å². The number of benzene rings is 1. The largest absolute Gasteiger partial charge is 0.396 e. The Bertz CT molecular complexity index is 1240. The number of hydrogen-bond donors (Lipinski definition) is 2. The van der Waals surface area contributed by atoms with Crippen LogP contribution in [0.4, 0.5) is 0 Å². The number of likely N-dealkylation sites (tertiary alicyclic amines) is 1. The summed E-state index contributed by atoms with van der Waals surface area (Å²) in [7, 11) is 1.93. The van der Waals surface area contributed by atoms with Crippen molar-refractivity contribution in [2.45, 2.75) is 65.2 Å². The van der Waals surface area contributed by atoms with Crippen LogP contribution in [-0.2, 0) is 13.5 Å². The molecule has 1 aliphatic rings. The molecule has 1 amide bonds. The number of hydrogen-bond acceptors (Lipinski definition) is 5. The highest BCUT2D eigenvalue weighted by atomic mass is 16.3. The summed E-state index contributed by atoms with van der Waals surface area (Å²) in [4.78, 5) is 25.2. The van der Waals surface area contributed by atoms with E-state index in [9.17, 15) is 9.90 Å². The molecule has 3 aromatic rings. The van der Waals surface area contributed by atoms with Crippen LogP contribution in [0, 0.1) is 17.2 Å². The Morgan fingerprint density at radius 3 is 2.54 bits per heavy atom. The number of carbonyl (C=O) groups excluding carboxylic acids is 1. The molecule has 0 bridgehead atoms. The molecule has 1 atom stereocenters. The third-order valence-electron chi connectivity index (χ3n) is 8.11. The van der Waals surface area contributed by atoms with Crippen LogP contribution in [0.15, 0.2) is 48.8 Å². The molecule has 4 rings (SSSR count). The summed E-state index contributed by atoms with van der Waals surface area (Å²) in [6.45, 7) is 5.44. The normalized spacial score (nSPS) is 14.9. The van der Waals surface area contributed by atoms with Gasteiger partial charge in [-0.25, -0.2) is 4.98 Å². The predicted octanol–water partition coefficient (Wildman–Crippen LogP) is 6.16. The molecule has 1 aromatic carbocycles. The second kappa shape index (κ2) is 13.7. The summed E-state index contributed by atoms with van der Waals surface area (Å²) in [5.41, 5.74) is 4.97. The average molecular weight is 530 g/mol. The lowest BCUT2D eigenvalue weighted by Gasteiger charge is -2.34. The fraction of sp³-hybridized carbons (Fsp3) is 0.500. The van der Waals surface area contributed by atoms with Crippen molar-refractivity contribution in [2.75, 3.05) is 19.7 Å². The number of aromatic nitrogens is 3. The summed E-state index contributed by atoms with van der Waals surface area (Å²) in [6.07, 6.45) is 11.7. The molecule has 0 radical (unpaired) electrons. The second-order valence-electron chi connectivity index (χ2n) is 10.8. The molecule has 2 N–H and O–H groups in total. The number of piperidine rings is 1. The Morgan fingerprint density at radius 2 is 1.87 bits per heavy atom. The standard InChI is InChI=1S/C32H43N5O2/c1-4-6-7-8-11-23-12-9-13-26(20-23)31-35-29(27-14-10-17-34-21-27)30(36(31)3)32(39)37-18-15-25(16-19-37)28(33)24(5-2)22-38/h9-10,12-14,17,20-21,24-25,33,38H,4-8,11,15-16,18-19,22H2,1-3H3/t24-/m0/s1. The Kier molecular flexibility index (Phi) is 10.0. The lowest BCUT2D eigenvalue weighted by Crippen LogP contribution is -2.42. The second-order valence-corrected chi connectivity index (χ2v) is 10.8. The Morgan fingerprint density at radius 1 is 1.10 bits per heavy atom. The van der Waals surface area contributed by atoms with Crippen LogP contribution in [0.25, 0.3) is 22.6 Å². The third kappa shape index (κ3) is 6.64. The van der Waals surface area contributed by atoms with Crippen molar-refractivity contribution in [3.63, 3.8) is 0 Å². The first kappa shape index (κ1) is 28.7. The van der Waals surface area contributed by atoms with Gasteiger partial charge in [-0.2, -0.15) is 0 Å². The minimum Gasteiger partial charge on any atom is -0.396 e. The number of unbranched alkanes of at least 4 members (excludes halogenated alkanes) is 3. The number of nitrogens with one attached hydrogen (secondary N) is 1. The molecular formula is C32H43N5O2. The lowest BCUT2D eigenvalue weighted by molar-refractivity contribution is 0.0699. The fourth-order valence-corrected chi connectivity index (χ4v) is 5.65. The third-order valence-corrected chi connectivity index (χ3v) is 8.11. The van der Waals surface area contributed by atoms with Crippen LogP contribution in [-0.4, -0.2) is 55.9 Å². The predicted molar refractivity (Wildman–Crippen MR) is 157 cm³/mol. The van der Waals surface area contributed by atoms with E-state index in [2.05, 4.69) is 36.2 Å². The maximum Gasteiger partial charge on any atom is 0.272 e. The average Bonchev–Trinajstić information content (AvgIpc) is 3.33. The van der Waals surface area contributed by atoms with Crippen molar-refractivity contribution in [2.24, 2.45) is 18.9 Å². The number of amides is 1. The first-order valence-corrected chi connectivity index (χ1v) is 14.5. The quantitative estimate of drug-likeness (QED) is 0.217. The van der Waals surface area contributed by atoms with Crippen LogP contribution in [0.3, 0.4) is 0 Å². The summed E-state index contributed by atoms with van der Waals surface area (Å²) >= 11 is 0. The molecule has 0 spiro atoms. The number of imidazole rings is 1. The van der Waals surface area contributed by atoms with Gasteiger partial charge in [0.15, 0.2) is 0 Å². The molecule has 39 heavy (non-hydrogen) atoms. The van der Waals surface area contributed by atoms with E-state index >= 15 is 0 Å². The zero-order chi connectivity index (χ0) is 27.8. The number of pyridine rings is 1. The zero-order valence-corrected chi connectivity index (χ0v) is 23.7. The van der Waals surface area contributed by atoms with Crippen LogP contribution in [0.1, 0.15) is 74.8 Å². The topological polar surface area (TPSA) is 95.1 Å². The maximum absolute atomic E-state index is 14.0. The molecule has 0 unspecified atom stereocenters. The highest BCUT2D eigenvalue weighted by molar-refractivity contribution is 5.99. The molecule has 0 saturated carbocycles. The van der Waals surface area contributed by atoms with E-state index in [-0.39, 0.29) is 24.3 Å². The number of nitrogens with zero attached hydrogens (tertiary/aromatic N) is 4. The molecule has 208 valence electrons. The van der Waals surface area contributed by atoms with Crippen molar-refractivity contribution in [1.29, 1.82) is 5.41 Å². The molecular weight excluding hydrogens is 486 g/mol. The van der Waals surface area contributed by atoms with Crippen molar-refractivity contribution in [3.8, 4) is 22.6 Å². The van der Waals surface area contributed by atoms with E-state index in [0.717, 1.165) is 42.6 Å². The Labute approximate surface area is 232 Å². The van der Waals surface area contributed by atoms with Crippen molar-refractivity contribution >= 4 is 11.6 Å². The van der Waals surface area contributed by atoms with Gasteiger partial charge in [0.1, 0.15) is 17.2 Å². The van der Waals surface area contributed by atoms with Crippen LogP contribution in [0.5, 0.6) is 0 Å². The molecule has 3 heterocycles. The van der Waals surface area contributed by atoms with Gasteiger partial charge >= 0.3 is 0 Å². The maximum atomic E-state index is 14.0. The lowest BCUT2D eigenvalue weighted by atomic mass is 9.84.